The van der Waals surface area contributed by atoms with Crippen LogP contribution in [0, 0.1) is 34.5 Å². The average Bonchev–Trinajstić information content (AvgIpc) is 3.65. The minimum atomic E-state index is -1.06. The predicted octanol–water partition coefficient (Wildman–Crippen LogP) is 4.61. The molecule has 2 aromatic heterocycles. The van der Waals surface area contributed by atoms with Gasteiger partial charge in [0.2, 0.25) is 11.8 Å². The first-order valence-electron chi connectivity index (χ1n) is 25.3. The lowest BCUT2D eigenvalue weighted by Crippen LogP contribution is -2.56. The monoisotopic (exact) mass is 967 g/mol. The summed E-state index contributed by atoms with van der Waals surface area (Å²) < 4.78 is 15.4. The van der Waals surface area contributed by atoms with Crippen LogP contribution in [0.3, 0.4) is 0 Å². The van der Waals surface area contributed by atoms with Crippen LogP contribution in [0.15, 0.2) is 61.2 Å². The van der Waals surface area contributed by atoms with Gasteiger partial charge in [0.1, 0.15) is 12.4 Å². The molecule has 0 radical (unpaired) electrons. The van der Waals surface area contributed by atoms with Crippen molar-refractivity contribution in [2.75, 3.05) is 66.1 Å². The van der Waals surface area contributed by atoms with Crippen LogP contribution in [0.5, 0.6) is 0 Å². The molecule has 5 aliphatic rings. The van der Waals surface area contributed by atoms with Crippen molar-refractivity contribution >= 4 is 47.2 Å². The lowest BCUT2D eigenvalue weighted by atomic mass is 9.84. The minimum absolute atomic E-state index is 0.142. The molecule has 4 amide bonds. The first kappa shape index (κ1) is 49.5. The number of hydrazine groups is 1. The zero-order chi connectivity index (χ0) is 50.2. The molecule has 9 rings (SSSR count). The molecule has 2 aromatic carbocycles. The van der Waals surface area contributed by atoms with Crippen LogP contribution < -0.4 is 5.32 Å². The molecule has 1 N–H and O–H groups in total. The largest absolute Gasteiger partial charge is 0.460 e. The summed E-state index contributed by atoms with van der Waals surface area (Å²) in [5.41, 5.74) is 5.50. The molecule has 6 bridgehead atoms. The minimum Gasteiger partial charge on any atom is -0.460 e. The van der Waals surface area contributed by atoms with Crippen LogP contribution in [-0.4, -0.2) is 160 Å². The molecule has 16 heteroatoms. The van der Waals surface area contributed by atoms with E-state index in [-0.39, 0.29) is 42.7 Å². The van der Waals surface area contributed by atoms with E-state index < -0.39 is 40.8 Å². The van der Waals surface area contributed by atoms with E-state index in [4.69, 9.17) is 9.47 Å². The molecular weight excluding hydrogens is 899 g/mol. The Bertz CT molecular complexity index is 2790. The van der Waals surface area contributed by atoms with Crippen LogP contribution in [-0.2, 0) is 52.8 Å². The number of nitrogens with zero attached hydrogens (tertiary/aromatic N) is 8. The van der Waals surface area contributed by atoms with Gasteiger partial charge in [0.15, 0.2) is 6.72 Å². The zero-order valence-electron chi connectivity index (χ0n) is 42.1. The van der Waals surface area contributed by atoms with E-state index in [0.29, 0.717) is 71.4 Å². The highest BCUT2D eigenvalue weighted by Gasteiger charge is 2.64. The normalized spacial score (nSPS) is 24.0. The molecule has 1 saturated carbocycles. The van der Waals surface area contributed by atoms with Gasteiger partial charge in [0, 0.05) is 86.5 Å². The SMILES string of the molecule is C=[N+]1[C@H]2CCCN1C(=O)[C@@]1(Cc3cccc(c3)-c3ccc4c(c3)c(c(-c3cncnc3)n4CC)CC(C)(C)COC2=O)CC1NC(=O)[C@H](C(C)C)N(C)C(=O)[C@H]1CCN(C(=O)C#CCN2CCOCC2)C1. The summed E-state index contributed by atoms with van der Waals surface area (Å²) in [7, 11) is 1.65. The molecule has 4 aromatic rings. The Labute approximate surface area is 416 Å². The van der Waals surface area contributed by atoms with E-state index in [2.05, 4.69) is 94.4 Å². The lowest BCUT2D eigenvalue weighted by molar-refractivity contribution is -0.693. The van der Waals surface area contributed by atoms with Crippen LogP contribution >= 0.6 is 0 Å². The fraction of sp³-hybridized carbons (Fsp3) is 0.527. The molecule has 374 valence electrons. The number of aromatic nitrogens is 3. The quantitative estimate of drug-likeness (QED) is 0.150. The number of amides is 4. The van der Waals surface area contributed by atoms with E-state index >= 15 is 4.79 Å². The number of nitrogens with one attached hydrogen (secondary N) is 1. The van der Waals surface area contributed by atoms with E-state index in [1.807, 2.05) is 38.4 Å². The lowest BCUT2D eigenvalue weighted by Gasteiger charge is -2.33. The third kappa shape index (κ3) is 10.1. The predicted molar refractivity (Wildman–Crippen MR) is 268 cm³/mol. The number of likely N-dealkylation sites (N-methyl/N-ethyl adjacent to an activating group) is 1. The van der Waals surface area contributed by atoms with E-state index in [1.54, 1.807) is 17.0 Å². The Balaban J connectivity index is 0.995. The highest BCUT2D eigenvalue weighted by molar-refractivity contribution is 5.96. The fourth-order valence-corrected chi connectivity index (χ4v) is 11.4. The van der Waals surface area contributed by atoms with Gasteiger partial charge >= 0.3 is 5.97 Å². The summed E-state index contributed by atoms with van der Waals surface area (Å²) in [4.78, 5) is 85.2. The number of hydrogen-bond acceptors (Lipinski definition) is 10. The van der Waals surface area contributed by atoms with Crippen LogP contribution in [0.25, 0.3) is 33.3 Å². The number of cyclic esters (lactones) is 1. The second-order valence-electron chi connectivity index (χ2n) is 21.3. The Hall–Kier alpha value is -6.44. The number of fused-ring (bicyclic) bond motifs is 6. The second-order valence-corrected chi connectivity index (χ2v) is 21.3. The second kappa shape index (κ2) is 20.4. The van der Waals surface area contributed by atoms with E-state index in [1.165, 1.54) is 15.9 Å². The van der Waals surface area contributed by atoms with Crippen molar-refractivity contribution in [2.24, 2.45) is 22.7 Å². The first-order valence-corrected chi connectivity index (χ1v) is 25.3. The van der Waals surface area contributed by atoms with Crippen LogP contribution in [0.2, 0.25) is 0 Å². The van der Waals surface area contributed by atoms with Crippen molar-refractivity contribution in [3.05, 3.63) is 72.3 Å². The topological polar surface area (TPSA) is 163 Å². The van der Waals surface area contributed by atoms with Crippen molar-refractivity contribution in [3.8, 4) is 34.2 Å². The zero-order valence-corrected chi connectivity index (χ0v) is 42.1. The molecule has 1 spiro atoms. The van der Waals surface area contributed by atoms with Gasteiger partial charge in [-0.2, -0.15) is 0 Å². The van der Waals surface area contributed by atoms with Gasteiger partial charge < -0.3 is 29.2 Å². The van der Waals surface area contributed by atoms with Crippen molar-refractivity contribution in [1.29, 1.82) is 0 Å². The van der Waals surface area contributed by atoms with Gasteiger partial charge in [-0.25, -0.2) is 14.8 Å². The molecule has 1 aliphatic carbocycles. The fourth-order valence-electron chi connectivity index (χ4n) is 11.4. The molecular formula is C55H68N9O7+. The number of likely N-dealkylation sites (tertiary alicyclic amines) is 1. The molecule has 5 atom stereocenters. The van der Waals surface area contributed by atoms with Gasteiger partial charge in [-0.05, 0) is 85.3 Å². The number of ether oxygens (including phenoxy) is 2. The molecule has 71 heavy (non-hydrogen) atoms. The van der Waals surface area contributed by atoms with Crippen molar-refractivity contribution < 1.29 is 38.1 Å². The maximum absolute atomic E-state index is 15.2. The number of morpholine rings is 1. The third-order valence-electron chi connectivity index (χ3n) is 15.3. The summed E-state index contributed by atoms with van der Waals surface area (Å²) in [5.74, 6) is 3.47. The number of benzene rings is 2. The molecule has 3 saturated heterocycles. The van der Waals surface area contributed by atoms with Crippen molar-refractivity contribution in [1.82, 2.24) is 39.6 Å². The Kier molecular flexibility index (Phi) is 14.2. The maximum atomic E-state index is 15.2. The van der Waals surface area contributed by atoms with Gasteiger partial charge in [-0.3, -0.25) is 24.1 Å². The first-order chi connectivity index (χ1) is 34.1. The number of hydrazone groups is 1. The van der Waals surface area contributed by atoms with Crippen LogP contribution in [0.4, 0.5) is 0 Å². The summed E-state index contributed by atoms with van der Waals surface area (Å²) in [6.45, 7) is 19.6. The van der Waals surface area contributed by atoms with Gasteiger partial charge in [-0.15, -0.1) is 9.69 Å². The smallest absolute Gasteiger partial charge is 0.378 e. The van der Waals surface area contributed by atoms with Crippen LogP contribution in [0.1, 0.15) is 71.4 Å². The Morgan fingerprint density at radius 1 is 0.986 bits per heavy atom. The van der Waals surface area contributed by atoms with Crippen molar-refractivity contribution in [2.45, 2.75) is 97.8 Å². The standard InChI is InChI=1S/C55H67N9O7/c1-8-63-44-17-16-39-27-42(44)43(49(63)41-31-56-35-57-32-41)29-54(4,5)34-71-52(68)45-14-10-20-64(60(45)7)53(69)55(28-37-12-9-13-38(39)26-37)30-46(55)58-50(66)48(36(2)3)59(6)51(67)40-18-21-62(33-40)47(65)15-11-19-61-22-24-70-25-23-61/h9,12-13,16-17,26-27,31-32,35-36,40,45-46,48H,7-8,10,14,18-25,28-30,33-34H2,1-6H3/p+1/t40-,45-,46?,48-,55-/m0/s1. The highest BCUT2D eigenvalue weighted by Crippen LogP contribution is 2.51. The third-order valence-corrected chi connectivity index (χ3v) is 15.3. The van der Waals surface area contributed by atoms with Crippen molar-refractivity contribution in [3.63, 3.8) is 0 Å². The Morgan fingerprint density at radius 3 is 2.49 bits per heavy atom. The Morgan fingerprint density at radius 2 is 1.75 bits per heavy atom. The number of aryl methyl sites for hydroxylation is 1. The summed E-state index contributed by atoms with van der Waals surface area (Å²) in [6, 6.07) is 12.6. The number of carbonyl (C=O) groups is 5. The number of hydrogen-bond donors (Lipinski definition) is 1. The molecule has 4 fully saturated rings. The van der Waals surface area contributed by atoms with Gasteiger partial charge in [0.05, 0.1) is 49.9 Å². The van der Waals surface area contributed by atoms with E-state index in [0.717, 1.165) is 64.0 Å². The summed E-state index contributed by atoms with van der Waals surface area (Å²) >= 11 is 0. The highest BCUT2D eigenvalue weighted by atomic mass is 16.5. The average molecular weight is 967 g/mol. The molecule has 16 nitrogen and oxygen atoms in total. The van der Waals surface area contributed by atoms with Gasteiger partial charge in [0.25, 0.3) is 17.9 Å². The maximum Gasteiger partial charge on any atom is 0.378 e. The summed E-state index contributed by atoms with van der Waals surface area (Å²) in [6.07, 6.45) is 8.01. The number of esters is 1. The van der Waals surface area contributed by atoms with E-state index in [9.17, 15) is 19.2 Å². The summed E-state index contributed by atoms with van der Waals surface area (Å²) in [5, 5.41) is 5.91. The molecule has 4 aliphatic heterocycles. The number of rotatable bonds is 8. The molecule has 1 unspecified atom stereocenters. The number of carbonyl (C=O) groups excluding carboxylic acids is 5. The van der Waals surface area contributed by atoms with Gasteiger partial charge in [-0.1, -0.05) is 63.9 Å². The molecule has 6 heterocycles.